The van der Waals surface area contributed by atoms with Crippen LogP contribution < -0.4 is 9.47 Å². The molecular weight excluding hydrogens is 358 g/mol. The molecule has 4 nitrogen and oxygen atoms in total. The smallest absolute Gasteiger partial charge is 0.279 e. The fourth-order valence-electron chi connectivity index (χ4n) is 2.72. The largest absolute Gasteiger partial charge is 0.487 e. The van der Waals surface area contributed by atoms with E-state index in [1.54, 1.807) is 0 Å². The summed E-state index contributed by atoms with van der Waals surface area (Å²) < 4.78 is 13.1. The number of aryl methyl sites for hydroxylation is 1. The summed E-state index contributed by atoms with van der Waals surface area (Å²) in [6.45, 7) is 7.87. The standard InChI is InChI=1S/C22H27NO3S/c1-5-22(4,24)13-12-16-10-11-18(19(14-16)25-15(2)3)26-21-23-17-8-6-7-9-20(17)27-21/h6-11,14-15,24H,5,12-13H2,1-4H3. The first kappa shape index (κ1) is 19.6. The Hall–Kier alpha value is -2.11. The molecule has 1 N–H and O–H groups in total. The van der Waals surface area contributed by atoms with Crippen LogP contribution in [0.2, 0.25) is 0 Å². The van der Waals surface area contributed by atoms with Gasteiger partial charge in [-0.15, -0.1) is 0 Å². The highest BCUT2D eigenvalue weighted by atomic mass is 32.1. The second-order valence-electron chi connectivity index (χ2n) is 7.35. The molecular formula is C22H27NO3S. The van der Waals surface area contributed by atoms with Gasteiger partial charge in [-0.2, -0.15) is 0 Å². The van der Waals surface area contributed by atoms with E-state index in [2.05, 4.69) is 4.98 Å². The predicted molar refractivity (Wildman–Crippen MR) is 111 cm³/mol. The van der Waals surface area contributed by atoms with E-state index in [1.165, 1.54) is 11.3 Å². The molecule has 3 aromatic rings. The van der Waals surface area contributed by atoms with E-state index in [0.717, 1.165) is 28.6 Å². The molecule has 0 aliphatic rings. The van der Waals surface area contributed by atoms with Crippen molar-refractivity contribution in [2.24, 2.45) is 0 Å². The Bertz CT molecular complexity index is 868. The fraction of sp³-hybridized carbons (Fsp3) is 0.409. The maximum Gasteiger partial charge on any atom is 0.279 e. The van der Waals surface area contributed by atoms with Crippen molar-refractivity contribution in [1.29, 1.82) is 0 Å². The van der Waals surface area contributed by atoms with E-state index < -0.39 is 5.60 Å². The first-order valence-electron chi connectivity index (χ1n) is 9.41. The van der Waals surface area contributed by atoms with Crippen molar-refractivity contribution < 1.29 is 14.6 Å². The third-order valence-corrected chi connectivity index (χ3v) is 5.47. The lowest BCUT2D eigenvalue weighted by Crippen LogP contribution is -2.23. The Labute approximate surface area is 164 Å². The number of aromatic nitrogens is 1. The molecule has 27 heavy (non-hydrogen) atoms. The molecule has 5 heteroatoms. The first-order valence-corrected chi connectivity index (χ1v) is 10.2. The molecule has 144 valence electrons. The molecule has 1 atom stereocenters. The Kier molecular flexibility index (Phi) is 6.02. The summed E-state index contributed by atoms with van der Waals surface area (Å²) in [5, 5.41) is 10.9. The second kappa shape index (κ2) is 8.28. The van der Waals surface area contributed by atoms with Crippen LogP contribution in [0.15, 0.2) is 42.5 Å². The molecule has 1 heterocycles. The number of fused-ring (bicyclic) bond motifs is 1. The van der Waals surface area contributed by atoms with Crippen LogP contribution in [-0.4, -0.2) is 21.8 Å². The molecule has 2 aromatic carbocycles. The number of aliphatic hydroxyl groups is 1. The predicted octanol–water partition coefficient (Wildman–Crippen LogP) is 5.97. The summed E-state index contributed by atoms with van der Waals surface area (Å²) >= 11 is 1.52. The van der Waals surface area contributed by atoms with Crippen molar-refractivity contribution in [3.63, 3.8) is 0 Å². The van der Waals surface area contributed by atoms with Gasteiger partial charge >= 0.3 is 0 Å². The van der Waals surface area contributed by atoms with Crippen LogP contribution in [0.1, 0.15) is 46.1 Å². The highest BCUT2D eigenvalue weighted by Crippen LogP contribution is 2.37. The molecule has 0 radical (unpaired) electrons. The number of hydrogen-bond acceptors (Lipinski definition) is 5. The monoisotopic (exact) mass is 385 g/mol. The van der Waals surface area contributed by atoms with Gasteiger partial charge in [-0.25, -0.2) is 4.98 Å². The molecule has 0 aliphatic heterocycles. The van der Waals surface area contributed by atoms with Gasteiger partial charge in [-0.1, -0.05) is 36.5 Å². The summed E-state index contributed by atoms with van der Waals surface area (Å²) in [5.74, 6) is 1.37. The molecule has 0 amide bonds. The molecule has 1 unspecified atom stereocenters. The average molecular weight is 386 g/mol. The lowest BCUT2D eigenvalue weighted by molar-refractivity contribution is 0.0473. The van der Waals surface area contributed by atoms with Crippen LogP contribution in [-0.2, 0) is 6.42 Å². The van der Waals surface area contributed by atoms with E-state index in [4.69, 9.17) is 9.47 Å². The molecule has 1 aromatic heterocycles. The van der Waals surface area contributed by atoms with Gasteiger partial charge in [-0.05, 0) is 69.9 Å². The van der Waals surface area contributed by atoms with E-state index in [0.29, 0.717) is 23.1 Å². The van der Waals surface area contributed by atoms with Gasteiger partial charge in [0.15, 0.2) is 11.5 Å². The third-order valence-electron chi connectivity index (χ3n) is 4.56. The summed E-state index contributed by atoms with van der Waals surface area (Å²) in [4.78, 5) is 4.54. The maximum absolute atomic E-state index is 10.3. The topological polar surface area (TPSA) is 51.6 Å². The number of hydrogen-bond donors (Lipinski definition) is 1. The Morgan fingerprint density at radius 3 is 2.63 bits per heavy atom. The van der Waals surface area contributed by atoms with Gasteiger partial charge in [-0.3, -0.25) is 0 Å². The van der Waals surface area contributed by atoms with E-state index >= 15 is 0 Å². The minimum Gasteiger partial charge on any atom is -0.487 e. The van der Waals surface area contributed by atoms with Crippen molar-refractivity contribution in [1.82, 2.24) is 4.98 Å². The Morgan fingerprint density at radius 2 is 1.93 bits per heavy atom. The number of benzene rings is 2. The van der Waals surface area contributed by atoms with Gasteiger partial charge in [0.2, 0.25) is 0 Å². The SMILES string of the molecule is CCC(C)(O)CCc1ccc(Oc2nc3ccccc3s2)c(OC(C)C)c1. The second-order valence-corrected chi connectivity index (χ2v) is 8.34. The van der Waals surface area contributed by atoms with Crippen LogP contribution in [0, 0.1) is 0 Å². The normalized spacial score (nSPS) is 13.7. The Morgan fingerprint density at radius 1 is 1.15 bits per heavy atom. The number of ether oxygens (including phenoxy) is 2. The lowest BCUT2D eigenvalue weighted by atomic mass is 9.94. The van der Waals surface area contributed by atoms with Crippen molar-refractivity contribution in [3.8, 4) is 16.7 Å². The number of para-hydroxylation sites is 1. The minimum absolute atomic E-state index is 0.0386. The minimum atomic E-state index is -0.644. The van der Waals surface area contributed by atoms with Crippen molar-refractivity contribution >= 4 is 21.6 Å². The summed E-state index contributed by atoms with van der Waals surface area (Å²) in [7, 11) is 0. The zero-order valence-corrected chi connectivity index (χ0v) is 17.2. The first-order chi connectivity index (χ1) is 12.9. The van der Waals surface area contributed by atoms with Crippen LogP contribution in [0.3, 0.4) is 0 Å². The number of nitrogens with zero attached hydrogens (tertiary/aromatic N) is 1. The molecule has 0 aliphatic carbocycles. The van der Waals surface area contributed by atoms with Crippen molar-refractivity contribution in [2.45, 2.75) is 58.7 Å². The van der Waals surface area contributed by atoms with Crippen LogP contribution in [0.25, 0.3) is 10.2 Å². The maximum atomic E-state index is 10.3. The Balaban J connectivity index is 1.82. The number of thiazole rings is 1. The average Bonchev–Trinajstić information content (AvgIpc) is 3.04. The van der Waals surface area contributed by atoms with Crippen LogP contribution in [0.5, 0.6) is 16.7 Å². The zero-order chi connectivity index (χ0) is 19.4. The number of rotatable bonds is 8. The summed E-state index contributed by atoms with van der Waals surface area (Å²) in [6, 6.07) is 14.0. The van der Waals surface area contributed by atoms with Crippen LogP contribution in [0.4, 0.5) is 0 Å². The molecule has 0 saturated carbocycles. The summed E-state index contributed by atoms with van der Waals surface area (Å²) in [5.41, 5.74) is 1.41. The van der Waals surface area contributed by atoms with E-state index in [1.807, 2.05) is 70.2 Å². The molecule has 0 fully saturated rings. The lowest BCUT2D eigenvalue weighted by Gasteiger charge is -2.21. The van der Waals surface area contributed by atoms with Crippen molar-refractivity contribution in [3.05, 3.63) is 48.0 Å². The summed E-state index contributed by atoms with van der Waals surface area (Å²) in [6.07, 6.45) is 2.28. The van der Waals surface area contributed by atoms with Crippen LogP contribution >= 0.6 is 11.3 Å². The van der Waals surface area contributed by atoms with Gasteiger partial charge < -0.3 is 14.6 Å². The quantitative estimate of drug-likeness (QED) is 0.519. The highest BCUT2D eigenvalue weighted by Gasteiger charge is 2.18. The molecule has 0 spiro atoms. The molecule has 0 bridgehead atoms. The van der Waals surface area contributed by atoms with Gasteiger partial charge in [0, 0.05) is 0 Å². The van der Waals surface area contributed by atoms with E-state index in [-0.39, 0.29) is 6.10 Å². The molecule has 0 saturated heterocycles. The third kappa shape index (κ3) is 5.21. The highest BCUT2D eigenvalue weighted by molar-refractivity contribution is 7.20. The van der Waals surface area contributed by atoms with Crippen molar-refractivity contribution in [2.75, 3.05) is 0 Å². The molecule has 3 rings (SSSR count). The van der Waals surface area contributed by atoms with E-state index in [9.17, 15) is 5.11 Å². The van der Waals surface area contributed by atoms with Gasteiger partial charge in [0.1, 0.15) is 0 Å². The zero-order valence-electron chi connectivity index (χ0n) is 16.4. The fourth-order valence-corrected chi connectivity index (χ4v) is 3.55. The van der Waals surface area contributed by atoms with Gasteiger partial charge in [0.25, 0.3) is 5.19 Å². The van der Waals surface area contributed by atoms with Gasteiger partial charge in [0.05, 0.1) is 21.9 Å².